The van der Waals surface area contributed by atoms with Crippen LogP contribution in [0.5, 0.6) is 0 Å². The highest BCUT2D eigenvalue weighted by atomic mass is 15.2. The fourth-order valence-corrected chi connectivity index (χ4v) is 4.18. The normalized spacial score (nSPS) is 17.8. The maximum Gasteiger partial charge on any atom is 0.0637 e. The van der Waals surface area contributed by atoms with Crippen LogP contribution in [0.15, 0.2) is 42.2 Å². The summed E-state index contributed by atoms with van der Waals surface area (Å²) in [6, 6.07) is 0.648. The molecule has 0 radical (unpaired) electrons. The number of hydrogen-bond acceptors (Lipinski definition) is 2. The molecule has 0 saturated carbocycles. The minimum atomic E-state index is 0.648. The van der Waals surface area contributed by atoms with Crippen molar-refractivity contribution in [3.8, 4) is 0 Å². The summed E-state index contributed by atoms with van der Waals surface area (Å²) in [6.07, 6.45) is 24.3. The molecule has 2 heteroatoms. The number of likely N-dealkylation sites (tertiary alicyclic amines) is 1. The van der Waals surface area contributed by atoms with Crippen molar-refractivity contribution in [2.75, 3.05) is 6.54 Å². The third kappa shape index (κ3) is 9.44. The van der Waals surface area contributed by atoms with E-state index in [2.05, 4.69) is 43.0 Å². The van der Waals surface area contributed by atoms with Crippen LogP contribution >= 0.6 is 0 Å². The molecule has 0 unspecified atom stereocenters. The summed E-state index contributed by atoms with van der Waals surface area (Å²) >= 11 is 0. The lowest BCUT2D eigenvalue weighted by molar-refractivity contribution is 0.218. The molecule has 0 bridgehead atoms. The van der Waals surface area contributed by atoms with Crippen molar-refractivity contribution in [3.63, 3.8) is 0 Å². The van der Waals surface area contributed by atoms with E-state index in [0.717, 1.165) is 13.0 Å². The van der Waals surface area contributed by atoms with Gasteiger partial charge in [-0.05, 0) is 31.8 Å². The third-order valence-electron chi connectivity index (χ3n) is 5.66. The average Bonchev–Trinajstić information content (AvgIpc) is 2.68. The lowest BCUT2D eigenvalue weighted by Gasteiger charge is -2.39. The Hall–Kier alpha value is -1.31. The van der Waals surface area contributed by atoms with E-state index in [1.165, 1.54) is 94.9 Å². The molecule has 0 amide bonds. The molecular weight excluding hydrogens is 328 g/mol. The van der Waals surface area contributed by atoms with Crippen LogP contribution < -0.4 is 0 Å². The Balaban J connectivity index is 2.76. The van der Waals surface area contributed by atoms with Gasteiger partial charge in [0.15, 0.2) is 0 Å². The molecule has 1 aliphatic heterocycles. The molecule has 1 saturated heterocycles. The van der Waals surface area contributed by atoms with E-state index in [4.69, 9.17) is 0 Å². The number of allylic oxidation sites excluding steroid dienone is 3. The molecule has 1 aliphatic rings. The second-order valence-electron chi connectivity index (χ2n) is 7.90. The van der Waals surface area contributed by atoms with Crippen LogP contribution in [0, 0.1) is 0 Å². The van der Waals surface area contributed by atoms with E-state index in [-0.39, 0.29) is 0 Å². The summed E-state index contributed by atoms with van der Waals surface area (Å²) < 4.78 is 0. The minimum Gasteiger partial charge on any atom is -0.367 e. The highest BCUT2D eigenvalue weighted by molar-refractivity contribution is 6.00. The Morgan fingerprint density at radius 2 is 1.52 bits per heavy atom. The first-order valence-electron chi connectivity index (χ1n) is 11.6. The van der Waals surface area contributed by atoms with Gasteiger partial charge in [-0.1, -0.05) is 97.3 Å². The maximum atomic E-state index is 4.58. The Bertz CT molecular complexity index is 447. The molecule has 0 atom stereocenters. The Labute approximate surface area is 169 Å². The van der Waals surface area contributed by atoms with Crippen molar-refractivity contribution in [2.45, 2.75) is 110 Å². The summed E-state index contributed by atoms with van der Waals surface area (Å²) in [5, 5.41) is 0. The predicted octanol–water partition coefficient (Wildman–Crippen LogP) is 7.83. The number of piperidine rings is 1. The van der Waals surface area contributed by atoms with Gasteiger partial charge in [-0.15, -0.1) is 0 Å². The van der Waals surface area contributed by atoms with Gasteiger partial charge in [-0.25, -0.2) is 0 Å². The van der Waals surface area contributed by atoms with Gasteiger partial charge in [0.1, 0.15) is 0 Å². The molecule has 1 rings (SSSR count). The molecule has 27 heavy (non-hydrogen) atoms. The van der Waals surface area contributed by atoms with Crippen molar-refractivity contribution in [1.29, 1.82) is 0 Å². The van der Waals surface area contributed by atoms with Gasteiger partial charge in [-0.2, -0.15) is 0 Å². The number of unbranched alkanes of at least 4 members (excludes halogenated alkanes) is 8. The first-order valence-corrected chi connectivity index (χ1v) is 11.6. The first kappa shape index (κ1) is 23.7. The first-order chi connectivity index (χ1) is 13.3. The van der Waals surface area contributed by atoms with Crippen LogP contribution in [0.2, 0.25) is 0 Å². The van der Waals surface area contributed by atoms with E-state index < -0.39 is 0 Å². The molecule has 1 fully saturated rings. The lowest BCUT2D eigenvalue weighted by atomic mass is 9.94. The van der Waals surface area contributed by atoms with Gasteiger partial charge < -0.3 is 4.90 Å². The van der Waals surface area contributed by atoms with Crippen LogP contribution in [0.25, 0.3) is 0 Å². The van der Waals surface area contributed by atoms with Crippen LogP contribution in [-0.4, -0.2) is 23.2 Å². The molecule has 2 nitrogen and oxygen atoms in total. The van der Waals surface area contributed by atoms with Crippen LogP contribution in [0.1, 0.15) is 104 Å². The minimum absolute atomic E-state index is 0.648. The van der Waals surface area contributed by atoms with Crippen LogP contribution in [0.3, 0.4) is 0 Å². The zero-order valence-corrected chi connectivity index (χ0v) is 18.2. The summed E-state index contributed by atoms with van der Waals surface area (Å²) in [6.45, 7) is 13.5. The average molecular weight is 373 g/mol. The Morgan fingerprint density at radius 1 is 0.926 bits per heavy atom. The number of rotatable bonds is 15. The monoisotopic (exact) mass is 372 g/mol. The highest BCUT2D eigenvalue weighted by Gasteiger charge is 2.26. The predicted molar refractivity (Wildman–Crippen MR) is 122 cm³/mol. The zero-order valence-electron chi connectivity index (χ0n) is 18.2. The van der Waals surface area contributed by atoms with Gasteiger partial charge >= 0.3 is 0 Å². The summed E-state index contributed by atoms with van der Waals surface area (Å²) in [7, 11) is 0. The van der Waals surface area contributed by atoms with Crippen molar-refractivity contribution in [2.24, 2.45) is 4.99 Å². The van der Waals surface area contributed by atoms with Crippen LogP contribution in [-0.2, 0) is 0 Å². The van der Waals surface area contributed by atoms with Crippen molar-refractivity contribution in [3.05, 3.63) is 37.2 Å². The molecular formula is C25H44N2. The maximum absolute atomic E-state index is 4.58. The standard InChI is InChI=1S/C25H44N2/c1-5-9-11-13-15-19-23(20-16-14-12-10-6-2)27-22-17-21-24(26-8-4)25(27)18-7-3/h7-8,18,23H,3-6,9-17,19-22H2,1-2H3/b25-18+,26-24-. The van der Waals surface area contributed by atoms with Gasteiger partial charge in [0, 0.05) is 18.8 Å². The summed E-state index contributed by atoms with van der Waals surface area (Å²) in [5.41, 5.74) is 2.49. The molecule has 1 heterocycles. The number of hydrogen-bond donors (Lipinski definition) is 0. The van der Waals surface area contributed by atoms with E-state index in [0.29, 0.717) is 6.04 Å². The van der Waals surface area contributed by atoms with E-state index in [1.54, 1.807) is 6.20 Å². The van der Waals surface area contributed by atoms with Crippen molar-refractivity contribution in [1.82, 2.24) is 4.90 Å². The van der Waals surface area contributed by atoms with Crippen molar-refractivity contribution >= 4 is 5.71 Å². The molecule has 154 valence electrons. The topological polar surface area (TPSA) is 15.6 Å². The number of nitrogens with zero attached hydrogens (tertiary/aromatic N) is 2. The van der Waals surface area contributed by atoms with Gasteiger partial charge in [-0.3, -0.25) is 4.99 Å². The molecule has 0 spiro atoms. The molecule has 0 aromatic rings. The Kier molecular flexibility index (Phi) is 13.8. The SMILES string of the molecule is C=C/C=C1\C(=N/C=C)CCCN1C(CCCCCCC)CCCCCCC. The quantitative estimate of drug-likeness (QED) is 0.267. The fourth-order valence-electron chi connectivity index (χ4n) is 4.18. The van der Waals surface area contributed by atoms with Crippen molar-refractivity contribution < 1.29 is 0 Å². The zero-order chi connectivity index (χ0) is 19.7. The third-order valence-corrected chi connectivity index (χ3v) is 5.66. The van der Waals surface area contributed by atoms with E-state index in [9.17, 15) is 0 Å². The summed E-state index contributed by atoms with van der Waals surface area (Å²) in [5.74, 6) is 0. The largest absolute Gasteiger partial charge is 0.367 e. The Morgan fingerprint density at radius 3 is 2.04 bits per heavy atom. The number of aliphatic imine (C=N–C) groups is 1. The fraction of sp³-hybridized carbons (Fsp3) is 0.720. The second-order valence-corrected chi connectivity index (χ2v) is 7.90. The van der Waals surface area contributed by atoms with Crippen LogP contribution in [0.4, 0.5) is 0 Å². The van der Waals surface area contributed by atoms with Gasteiger partial charge in [0.25, 0.3) is 0 Å². The second kappa shape index (κ2) is 15.7. The van der Waals surface area contributed by atoms with E-state index in [1.807, 2.05) is 6.08 Å². The molecule has 0 aromatic heterocycles. The molecule has 0 N–H and O–H groups in total. The van der Waals surface area contributed by atoms with E-state index >= 15 is 0 Å². The smallest absolute Gasteiger partial charge is 0.0637 e. The molecule has 0 aromatic carbocycles. The highest BCUT2D eigenvalue weighted by Crippen LogP contribution is 2.27. The summed E-state index contributed by atoms with van der Waals surface area (Å²) in [4.78, 5) is 7.23. The lowest BCUT2D eigenvalue weighted by Crippen LogP contribution is -2.41. The van der Waals surface area contributed by atoms with Gasteiger partial charge in [0.2, 0.25) is 0 Å². The molecule has 0 aliphatic carbocycles. The van der Waals surface area contributed by atoms with Gasteiger partial charge in [0.05, 0.1) is 11.4 Å².